The summed E-state index contributed by atoms with van der Waals surface area (Å²) < 4.78 is 41.5. The number of rotatable bonds is 4. The molecule has 0 saturated carbocycles. The van der Waals surface area contributed by atoms with E-state index in [-0.39, 0.29) is 19.4 Å². The highest BCUT2D eigenvalue weighted by Crippen LogP contribution is 2.32. The molecule has 2 atom stereocenters. The van der Waals surface area contributed by atoms with Crippen LogP contribution in [0.15, 0.2) is 30.3 Å². The van der Waals surface area contributed by atoms with Crippen molar-refractivity contribution in [1.82, 2.24) is 4.90 Å². The Kier molecular flexibility index (Phi) is 7.70. The van der Waals surface area contributed by atoms with E-state index in [0.29, 0.717) is 13.1 Å². The third-order valence-corrected chi connectivity index (χ3v) is 3.72. The molecule has 0 amide bonds. The number of piperidine rings is 1. The van der Waals surface area contributed by atoms with Gasteiger partial charge < -0.3 is 9.84 Å². The predicted molar refractivity (Wildman–Crippen MR) is 80.1 cm³/mol. The number of aliphatic carboxylic acids is 1. The second-order valence-electron chi connectivity index (χ2n) is 5.50. The molecule has 0 spiro atoms. The summed E-state index contributed by atoms with van der Waals surface area (Å²) in [6.07, 6.45) is -4.28. The zero-order chi connectivity index (χ0) is 18.2. The first kappa shape index (κ1) is 20.0. The van der Waals surface area contributed by atoms with Crippen LogP contribution in [0.25, 0.3) is 0 Å². The van der Waals surface area contributed by atoms with Crippen LogP contribution in [-0.2, 0) is 20.9 Å². The van der Waals surface area contributed by atoms with Gasteiger partial charge in [-0.3, -0.25) is 14.5 Å². The van der Waals surface area contributed by atoms with Crippen LogP contribution in [0.2, 0.25) is 0 Å². The van der Waals surface area contributed by atoms with Crippen LogP contribution >= 0.6 is 0 Å². The van der Waals surface area contributed by atoms with Crippen LogP contribution in [0, 0.1) is 5.92 Å². The average molecular weight is 347 g/mol. The lowest BCUT2D eigenvalue weighted by Gasteiger charge is -2.36. The van der Waals surface area contributed by atoms with Gasteiger partial charge in [0.1, 0.15) is 12.6 Å². The van der Waals surface area contributed by atoms with Crippen molar-refractivity contribution in [3.63, 3.8) is 0 Å². The highest BCUT2D eigenvalue weighted by Gasteiger charge is 2.45. The Balaban J connectivity index is 0.000000254. The second-order valence-corrected chi connectivity index (χ2v) is 5.50. The zero-order valence-corrected chi connectivity index (χ0v) is 13.2. The van der Waals surface area contributed by atoms with E-state index >= 15 is 0 Å². The fourth-order valence-electron chi connectivity index (χ4n) is 2.47. The van der Waals surface area contributed by atoms with Crippen molar-refractivity contribution in [3.8, 4) is 0 Å². The number of hydrogen-bond donors (Lipinski definition) is 1. The van der Waals surface area contributed by atoms with Crippen molar-refractivity contribution in [3.05, 3.63) is 35.9 Å². The molecule has 1 fully saturated rings. The molecule has 2 rings (SSSR count). The molecule has 1 heterocycles. The fourth-order valence-corrected chi connectivity index (χ4v) is 2.47. The number of carboxylic acids is 1. The van der Waals surface area contributed by atoms with E-state index in [2.05, 4.69) is 4.74 Å². The molecule has 1 N–H and O–H groups in total. The summed E-state index contributed by atoms with van der Waals surface area (Å²) in [6.45, 7) is 0.789. The number of carbonyl (C=O) groups excluding carboxylic acids is 1. The zero-order valence-electron chi connectivity index (χ0n) is 13.2. The van der Waals surface area contributed by atoms with Gasteiger partial charge in [0, 0.05) is 6.54 Å². The number of carbonyl (C=O) groups is 2. The van der Waals surface area contributed by atoms with E-state index in [1.54, 1.807) is 0 Å². The lowest BCUT2D eigenvalue weighted by Crippen LogP contribution is -2.50. The van der Waals surface area contributed by atoms with E-state index in [4.69, 9.17) is 5.11 Å². The molecule has 0 radical (unpaired) electrons. The second kappa shape index (κ2) is 9.27. The number of ether oxygens (including phenoxy) is 1. The quantitative estimate of drug-likeness (QED) is 0.849. The highest BCUT2D eigenvalue weighted by molar-refractivity contribution is 5.70. The van der Waals surface area contributed by atoms with Gasteiger partial charge in [0.25, 0.3) is 6.47 Å². The van der Waals surface area contributed by atoms with Gasteiger partial charge in [-0.1, -0.05) is 30.3 Å². The number of likely N-dealkylation sites (tertiary alicyclic amines) is 1. The molecule has 134 valence electrons. The Bertz CT molecular complexity index is 522. The number of carboxylic acid groups (broad SMARTS) is 1. The summed E-state index contributed by atoms with van der Waals surface area (Å²) in [6, 6.07) is 8.06. The van der Waals surface area contributed by atoms with E-state index in [9.17, 15) is 22.8 Å². The first-order chi connectivity index (χ1) is 11.3. The van der Waals surface area contributed by atoms with Crippen LogP contribution in [0.1, 0.15) is 18.4 Å². The Labute approximate surface area is 138 Å². The van der Waals surface area contributed by atoms with Crippen LogP contribution in [-0.4, -0.2) is 48.3 Å². The van der Waals surface area contributed by atoms with E-state index < -0.39 is 24.1 Å². The molecular weight excluding hydrogens is 327 g/mol. The van der Waals surface area contributed by atoms with E-state index in [1.165, 1.54) is 7.05 Å². The van der Waals surface area contributed by atoms with Crippen LogP contribution in [0.4, 0.5) is 13.2 Å². The number of nitrogens with zero attached hydrogens (tertiary/aromatic N) is 1. The summed E-state index contributed by atoms with van der Waals surface area (Å²) in [4.78, 5) is 21.4. The van der Waals surface area contributed by atoms with Crippen molar-refractivity contribution in [2.24, 2.45) is 5.92 Å². The molecule has 1 aromatic rings. The Morgan fingerprint density at radius 1 is 1.33 bits per heavy atom. The maximum atomic E-state index is 12.3. The fraction of sp³-hybridized carbons (Fsp3) is 0.500. The van der Waals surface area contributed by atoms with Crippen LogP contribution < -0.4 is 0 Å². The number of hydrogen-bond acceptors (Lipinski definition) is 4. The van der Waals surface area contributed by atoms with Crippen molar-refractivity contribution in [1.29, 1.82) is 0 Å². The summed E-state index contributed by atoms with van der Waals surface area (Å²) in [5, 5.41) is 8.64. The van der Waals surface area contributed by atoms with Crippen molar-refractivity contribution < 1.29 is 32.6 Å². The first-order valence-electron chi connectivity index (χ1n) is 7.34. The molecule has 8 heteroatoms. The smallest absolute Gasteiger partial charge is 0.404 e. The number of alkyl halides is 3. The molecule has 1 aromatic carbocycles. The summed E-state index contributed by atoms with van der Waals surface area (Å²) in [7, 11) is 1.31. The number of benzene rings is 1. The maximum Gasteiger partial charge on any atom is 0.404 e. The van der Waals surface area contributed by atoms with Gasteiger partial charge in [0.2, 0.25) is 0 Å². The average Bonchev–Trinajstić information content (AvgIpc) is 2.53. The predicted octanol–water partition coefficient (Wildman–Crippen LogP) is 2.70. The standard InChI is InChI=1S/C8H12F3NO2.C8H8O2/c1-12-4-5(7(13)14)2-3-6(12)8(9,10)11;9-7-10-6-8-4-2-1-3-5-8/h5-6H,2-4H2,1H3,(H,13,14);1-5,7H,6H2. The Morgan fingerprint density at radius 2 is 1.96 bits per heavy atom. The maximum absolute atomic E-state index is 12.3. The van der Waals surface area contributed by atoms with Crippen molar-refractivity contribution in [2.45, 2.75) is 31.7 Å². The van der Waals surface area contributed by atoms with Gasteiger partial charge in [-0.25, -0.2) is 0 Å². The Hall–Kier alpha value is -2.09. The molecule has 1 aliphatic rings. The van der Waals surface area contributed by atoms with Gasteiger partial charge in [0.05, 0.1) is 5.92 Å². The lowest BCUT2D eigenvalue weighted by molar-refractivity contribution is -0.193. The topological polar surface area (TPSA) is 66.8 Å². The van der Waals surface area contributed by atoms with Gasteiger partial charge in [0.15, 0.2) is 0 Å². The van der Waals surface area contributed by atoms with Crippen LogP contribution in [0.5, 0.6) is 0 Å². The molecule has 5 nitrogen and oxygen atoms in total. The monoisotopic (exact) mass is 347 g/mol. The van der Waals surface area contributed by atoms with Crippen molar-refractivity contribution in [2.75, 3.05) is 13.6 Å². The highest BCUT2D eigenvalue weighted by atomic mass is 19.4. The Morgan fingerprint density at radius 3 is 2.42 bits per heavy atom. The minimum atomic E-state index is -4.25. The van der Waals surface area contributed by atoms with E-state index in [0.717, 1.165) is 10.5 Å². The summed E-state index contributed by atoms with van der Waals surface area (Å²) in [5.74, 6) is -1.68. The van der Waals surface area contributed by atoms with E-state index in [1.807, 2.05) is 30.3 Å². The van der Waals surface area contributed by atoms with Gasteiger partial charge in [-0.15, -0.1) is 0 Å². The minimum absolute atomic E-state index is 0.0283. The van der Waals surface area contributed by atoms with Gasteiger partial charge in [-0.2, -0.15) is 13.2 Å². The van der Waals surface area contributed by atoms with Crippen molar-refractivity contribution >= 4 is 12.4 Å². The number of halogens is 3. The van der Waals surface area contributed by atoms with Gasteiger partial charge >= 0.3 is 12.1 Å². The summed E-state index contributed by atoms with van der Waals surface area (Å²) in [5.41, 5.74) is 1.01. The molecular formula is C16H20F3NO4. The molecule has 24 heavy (non-hydrogen) atoms. The third kappa shape index (κ3) is 6.57. The molecule has 1 saturated heterocycles. The summed E-state index contributed by atoms with van der Waals surface area (Å²) >= 11 is 0. The lowest BCUT2D eigenvalue weighted by atomic mass is 9.93. The molecule has 0 bridgehead atoms. The molecule has 0 aromatic heterocycles. The molecule has 2 unspecified atom stereocenters. The van der Waals surface area contributed by atoms with Crippen LogP contribution in [0.3, 0.4) is 0 Å². The molecule has 0 aliphatic carbocycles. The largest absolute Gasteiger partial charge is 0.481 e. The normalized spacial score (nSPS) is 21.3. The SMILES string of the molecule is CN1CC(C(=O)O)CCC1C(F)(F)F.O=COCc1ccccc1. The van der Waals surface area contributed by atoms with Gasteiger partial charge in [-0.05, 0) is 25.5 Å². The first-order valence-corrected chi connectivity index (χ1v) is 7.34. The third-order valence-electron chi connectivity index (χ3n) is 3.72. The minimum Gasteiger partial charge on any atom is -0.481 e. The molecule has 1 aliphatic heterocycles.